The molecule has 128 valence electrons. The zero-order valence-electron chi connectivity index (χ0n) is 14.8. The number of thiophene rings is 1. The lowest BCUT2D eigenvalue weighted by atomic mass is 9.88. The van der Waals surface area contributed by atoms with Crippen molar-refractivity contribution in [1.29, 1.82) is 5.26 Å². The van der Waals surface area contributed by atoms with Gasteiger partial charge in [0.2, 0.25) is 0 Å². The summed E-state index contributed by atoms with van der Waals surface area (Å²) in [5.41, 5.74) is -0.774. The Morgan fingerprint density at radius 1 is 1.35 bits per heavy atom. The Labute approximate surface area is 143 Å². The number of rotatable bonds is 6. The van der Waals surface area contributed by atoms with E-state index < -0.39 is 11.7 Å². The normalized spacial score (nSPS) is 14.2. The molecule has 0 spiro atoms. The molecule has 0 radical (unpaired) electrons. The highest BCUT2D eigenvalue weighted by Crippen LogP contribution is 2.20. The van der Waals surface area contributed by atoms with Crippen molar-refractivity contribution in [3.05, 3.63) is 21.9 Å². The second-order valence-electron chi connectivity index (χ2n) is 7.16. The number of hydrogen-bond donors (Lipinski definition) is 2. The summed E-state index contributed by atoms with van der Waals surface area (Å²) < 4.78 is 5.28. The second-order valence-corrected chi connectivity index (χ2v) is 8.33. The monoisotopic (exact) mass is 337 g/mol. The summed E-state index contributed by atoms with van der Waals surface area (Å²) in [6.07, 6.45) is -0.408. The minimum Gasteiger partial charge on any atom is -0.444 e. The highest BCUT2D eigenvalue weighted by atomic mass is 32.1. The first-order chi connectivity index (χ1) is 10.6. The molecule has 2 N–H and O–H groups in total. The number of nitrogens with zero attached hydrogens (tertiary/aromatic N) is 1. The standard InChI is InChI=1S/C17H27N3O2S/c1-12(2)17(6,11-19-15(21)22-16(3,4)5)20-10-14-8-7-13(9-18)23-14/h7-8,12,20H,10-11H2,1-6H3,(H,19,21). The van der Waals surface area contributed by atoms with E-state index in [-0.39, 0.29) is 5.54 Å². The third-order valence-electron chi connectivity index (χ3n) is 3.71. The van der Waals surface area contributed by atoms with Crippen molar-refractivity contribution in [3.63, 3.8) is 0 Å². The van der Waals surface area contributed by atoms with Gasteiger partial charge in [-0.25, -0.2) is 4.79 Å². The first-order valence-corrected chi connectivity index (χ1v) is 8.58. The molecule has 0 bridgehead atoms. The molecule has 0 aliphatic carbocycles. The van der Waals surface area contributed by atoms with Crippen LogP contribution in [0.15, 0.2) is 12.1 Å². The van der Waals surface area contributed by atoms with Crippen molar-refractivity contribution in [2.45, 2.75) is 59.2 Å². The Morgan fingerprint density at radius 3 is 2.48 bits per heavy atom. The van der Waals surface area contributed by atoms with E-state index in [1.54, 1.807) is 0 Å². The zero-order chi connectivity index (χ0) is 17.7. The maximum atomic E-state index is 11.8. The Kier molecular flexibility index (Phi) is 6.60. The van der Waals surface area contributed by atoms with Crippen LogP contribution < -0.4 is 10.6 Å². The number of carbonyl (C=O) groups excluding carboxylic acids is 1. The molecule has 1 aromatic heterocycles. The van der Waals surface area contributed by atoms with Gasteiger partial charge in [0.15, 0.2) is 0 Å². The molecule has 1 amide bonds. The summed E-state index contributed by atoms with van der Waals surface area (Å²) in [6.45, 7) is 13.0. The molecule has 0 aliphatic rings. The number of amides is 1. The first-order valence-electron chi connectivity index (χ1n) is 7.76. The van der Waals surface area contributed by atoms with Gasteiger partial charge in [-0.3, -0.25) is 0 Å². The molecule has 0 fully saturated rings. The van der Waals surface area contributed by atoms with Crippen LogP contribution in [0.1, 0.15) is 51.3 Å². The fourth-order valence-corrected chi connectivity index (χ4v) is 2.61. The number of ether oxygens (including phenoxy) is 1. The smallest absolute Gasteiger partial charge is 0.407 e. The highest BCUT2D eigenvalue weighted by Gasteiger charge is 2.29. The van der Waals surface area contributed by atoms with E-state index in [9.17, 15) is 4.79 Å². The van der Waals surface area contributed by atoms with Crippen LogP contribution in [0.4, 0.5) is 4.79 Å². The van der Waals surface area contributed by atoms with Crippen molar-refractivity contribution in [2.75, 3.05) is 6.54 Å². The average Bonchev–Trinajstić information content (AvgIpc) is 2.89. The molecule has 0 aliphatic heterocycles. The van der Waals surface area contributed by atoms with Gasteiger partial charge in [0.25, 0.3) is 0 Å². The largest absolute Gasteiger partial charge is 0.444 e. The molecule has 5 nitrogen and oxygen atoms in total. The molecule has 23 heavy (non-hydrogen) atoms. The lowest BCUT2D eigenvalue weighted by Gasteiger charge is -2.35. The number of hydrogen-bond acceptors (Lipinski definition) is 5. The van der Waals surface area contributed by atoms with Crippen LogP contribution in [0.3, 0.4) is 0 Å². The summed E-state index contributed by atoms with van der Waals surface area (Å²) in [5.74, 6) is 0.313. The molecule has 0 saturated carbocycles. The Morgan fingerprint density at radius 2 is 2.00 bits per heavy atom. The summed E-state index contributed by atoms with van der Waals surface area (Å²) in [4.78, 5) is 13.7. The maximum Gasteiger partial charge on any atom is 0.407 e. The van der Waals surface area contributed by atoms with E-state index in [1.165, 1.54) is 11.3 Å². The van der Waals surface area contributed by atoms with Gasteiger partial charge >= 0.3 is 6.09 Å². The van der Waals surface area contributed by atoms with Crippen molar-refractivity contribution in [2.24, 2.45) is 5.92 Å². The van der Waals surface area contributed by atoms with Crippen molar-refractivity contribution in [3.8, 4) is 6.07 Å². The van der Waals surface area contributed by atoms with E-state index in [1.807, 2.05) is 32.9 Å². The van der Waals surface area contributed by atoms with Gasteiger partial charge in [-0.2, -0.15) is 5.26 Å². The van der Waals surface area contributed by atoms with Crippen LogP contribution in [0.5, 0.6) is 0 Å². The van der Waals surface area contributed by atoms with Crippen LogP contribution in [-0.2, 0) is 11.3 Å². The molecule has 0 aromatic carbocycles. The number of nitriles is 1. The number of carbonyl (C=O) groups is 1. The van der Waals surface area contributed by atoms with Crippen LogP contribution >= 0.6 is 11.3 Å². The van der Waals surface area contributed by atoms with Gasteiger partial charge in [0.1, 0.15) is 16.5 Å². The van der Waals surface area contributed by atoms with Crippen LogP contribution in [-0.4, -0.2) is 23.8 Å². The topological polar surface area (TPSA) is 74.2 Å². The van der Waals surface area contributed by atoms with Gasteiger partial charge in [-0.1, -0.05) is 13.8 Å². The zero-order valence-corrected chi connectivity index (χ0v) is 15.6. The van der Waals surface area contributed by atoms with Crippen LogP contribution in [0.2, 0.25) is 0 Å². The van der Waals surface area contributed by atoms with Crippen molar-refractivity contribution < 1.29 is 9.53 Å². The number of nitrogens with one attached hydrogen (secondary N) is 2. The Hall–Kier alpha value is -1.58. The summed E-state index contributed by atoms with van der Waals surface area (Å²) in [6, 6.07) is 5.93. The van der Waals surface area contributed by atoms with Gasteiger partial charge in [0.05, 0.1) is 0 Å². The van der Waals surface area contributed by atoms with Gasteiger partial charge in [-0.15, -0.1) is 11.3 Å². The predicted molar refractivity (Wildman–Crippen MR) is 93.4 cm³/mol. The minimum absolute atomic E-state index is 0.270. The summed E-state index contributed by atoms with van der Waals surface area (Å²) in [5, 5.41) is 15.2. The first kappa shape index (κ1) is 19.5. The third-order valence-corrected chi connectivity index (χ3v) is 4.70. The SMILES string of the molecule is CC(C)C(C)(CNC(=O)OC(C)(C)C)NCc1ccc(C#N)s1. The molecule has 1 rings (SSSR count). The lowest BCUT2D eigenvalue weighted by molar-refractivity contribution is 0.0503. The van der Waals surface area contributed by atoms with Gasteiger partial charge < -0.3 is 15.4 Å². The lowest BCUT2D eigenvalue weighted by Crippen LogP contribution is -2.54. The molecule has 1 unspecified atom stereocenters. The van der Waals surface area contributed by atoms with E-state index in [0.717, 1.165) is 4.88 Å². The molecule has 6 heteroatoms. The van der Waals surface area contributed by atoms with Crippen molar-refractivity contribution >= 4 is 17.4 Å². The van der Waals surface area contributed by atoms with Crippen LogP contribution in [0, 0.1) is 17.2 Å². The molecule has 1 atom stereocenters. The quantitative estimate of drug-likeness (QED) is 0.831. The van der Waals surface area contributed by atoms with Crippen LogP contribution in [0.25, 0.3) is 0 Å². The number of alkyl carbamates (subject to hydrolysis) is 1. The highest BCUT2D eigenvalue weighted by molar-refractivity contribution is 7.12. The van der Waals surface area contributed by atoms with E-state index in [4.69, 9.17) is 10.00 Å². The fourth-order valence-electron chi connectivity index (χ4n) is 1.86. The molecular formula is C17H27N3O2S. The Bertz CT molecular complexity index is 569. The second kappa shape index (κ2) is 7.80. The van der Waals surface area contributed by atoms with E-state index in [0.29, 0.717) is 23.9 Å². The van der Waals surface area contributed by atoms with Gasteiger partial charge in [0, 0.05) is 23.5 Å². The average molecular weight is 337 g/mol. The Balaban J connectivity index is 2.61. The maximum absolute atomic E-state index is 11.8. The van der Waals surface area contributed by atoms with Crippen molar-refractivity contribution in [1.82, 2.24) is 10.6 Å². The van der Waals surface area contributed by atoms with E-state index in [2.05, 4.69) is 37.5 Å². The minimum atomic E-state index is -0.504. The molecule has 1 aromatic rings. The molecule has 0 saturated heterocycles. The van der Waals surface area contributed by atoms with E-state index >= 15 is 0 Å². The predicted octanol–water partition coefficient (Wildman–Crippen LogP) is 3.65. The summed E-state index contributed by atoms with van der Waals surface area (Å²) in [7, 11) is 0. The summed E-state index contributed by atoms with van der Waals surface area (Å²) >= 11 is 1.48. The van der Waals surface area contributed by atoms with Gasteiger partial charge in [-0.05, 0) is 45.7 Å². The molecule has 1 heterocycles. The fraction of sp³-hybridized carbons (Fsp3) is 0.647. The third kappa shape index (κ3) is 6.59. The molecular weight excluding hydrogens is 310 g/mol.